The standard InChI is InChI=1S/C10H7Br2NO2S/c1-15-9(14)3-6-2-7(11)4-8(12)10(6)13-5-16/h2,4H,3H2,1H3. The van der Waals surface area contributed by atoms with Crippen molar-refractivity contribution in [2.45, 2.75) is 6.42 Å². The molecule has 0 amide bonds. The normalized spacial score (nSPS) is 9.44. The van der Waals surface area contributed by atoms with Crippen LogP contribution in [-0.4, -0.2) is 18.2 Å². The predicted octanol–water partition coefficient (Wildman–Crippen LogP) is 3.66. The number of ether oxygens (including phenoxy) is 1. The minimum Gasteiger partial charge on any atom is -0.469 e. The maximum Gasteiger partial charge on any atom is 0.310 e. The van der Waals surface area contributed by atoms with Gasteiger partial charge in [-0.05, 0) is 45.8 Å². The number of thiocarbonyl (C=S) groups is 1. The van der Waals surface area contributed by atoms with E-state index in [9.17, 15) is 4.79 Å². The van der Waals surface area contributed by atoms with Crippen molar-refractivity contribution in [2.75, 3.05) is 7.11 Å². The van der Waals surface area contributed by atoms with Gasteiger partial charge >= 0.3 is 5.97 Å². The van der Waals surface area contributed by atoms with Crippen LogP contribution in [0.3, 0.4) is 0 Å². The Morgan fingerprint density at radius 1 is 1.56 bits per heavy atom. The van der Waals surface area contributed by atoms with Crippen LogP contribution in [0.4, 0.5) is 5.69 Å². The highest BCUT2D eigenvalue weighted by atomic mass is 79.9. The molecule has 0 radical (unpaired) electrons. The number of nitrogens with zero attached hydrogens (tertiary/aromatic N) is 1. The van der Waals surface area contributed by atoms with Gasteiger partial charge in [-0.1, -0.05) is 15.9 Å². The lowest BCUT2D eigenvalue weighted by molar-refractivity contribution is -0.139. The number of hydrogen-bond acceptors (Lipinski definition) is 4. The van der Waals surface area contributed by atoms with Crippen molar-refractivity contribution in [3.05, 3.63) is 26.6 Å². The third kappa shape index (κ3) is 3.49. The zero-order chi connectivity index (χ0) is 12.1. The lowest BCUT2D eigenvalue weighted by Gasteiger charge is -2.06. The van der Waals surface area contributed by atoms with Crippen molar-refractivity contribution >= 4 is 60.9 Å². The second-order valence-electron chi connectivity index (χ2n) is 2.85. The molecule has 84 valence electrons. The minimum atomic E-state index is -0.328. The summed E-state index contributed by atoms with van der Waals surface area (Å²) >= 11 is 11.3. The summed E-state index contributed by atoms with van der Waals surface area (Å²) in [6, 6.07) is 3.62. The molecule has 0 unspecified atom stereocenters. The third-order valence-corrected chi connectivity index (χ3v) is 2.98. The maximum absolute atomic E-state index is 11.2. The van der Waals surface area contributed by atoms with Crippen LogP contribution in [0.5, 0.6) is 0 Å². The van der Waals surface area contributed by atoms with Crippen LogP contribution < -0.4 is 0 Å². The van der Waals surface area contributed by atoms with Crippen LogP contribution in [0.1, 0.15) is 5.56 Å². The number of methoxy groups -OCH3 is 1. The fraction of sp³-hybridized carbons (Fsp3) is 0.200. The molecule has 0 bridgehead atoms. The summed E-state index contributed by atoms with van der Waals surface area (Å²) in [5, 5.41) is 2.29. The van der Waals surface area contributed by atoms with E-state index in [1.165, 1.54) is 7.11 Å². The highest BCUT2D eigenvalue weighted by Gasteiger charge is 2.12. The summed E-state index contributed by atoms with van der Waals surface area (Å²) in [5.41, 5.74) is 1.33. The van der Waals surface area contributed by atoms with E-state index in [0.717, 1.165) is 14.5 Å². The molecular weight excluding hydrogens is 358 g/mol. The second kappa shape index (κ2) is 6.25. The average Bonchev–Trinajstić information content (AvgIpc) is 2.23. The quantitative estimate of drug-likeness (QED) is 0.466. The van der Waals surface area contributed by atoms with E-state index in [2.05, 4.69) is 59.0 Å². The molecule has 0 aliphatic heterocycles. The molecule has 3 nitrogen and oxygen atoms in total. The van der Waals surface area contributed by atoms with Crippen LogP contribution in [0, 0.1) is 0 Å². The van der Waals surface area contributed by atoms with E-state index in [0.29, 0.717) is 5.69 Å². The van der Waals surface area contributed by atoms with Crippen LogP contribution in [0.15, 0.2) is 26.1 Å². The number of benzene rings is 1. The van der Waals surface area contributed by atoms with E-state index >= 15 is 0 Å². The number of esters is 1. The summed E-state index contributed by atoms with van der Waals surface area (Å²) in [6.45, 7) is 0. The molecule has 6 heteroatoms. The van der Waals surface area contributed by atoms with E-state index < -0.39 is 0 Å². The Balaban J connectivity index is 3.23. The first-order valence-corrected chi connectivity index (χ1v) is 6.20. The second-order valence-corrected chi connectivity index (χ2v) is 4.80. The van der Waals surface area contributed by atoms with Crippen molar-refractivity contribution in [1.82, 2.24) is 0 Å². The molecule has 0 N–H and O–H groups in total. The van der Waals surface area contributed by atoms with Crippen molar-refractivity contribution in [3.63, 3.8) is 0 Å². The smallest absolute Gasteiger partial charge is 0.310 e. The van der Waals surface area contributed by atoms with Gasteiger partial charge in [-0.25, -0.2) is 0 Å². The Morgan fingerprint density at radius 2 is 2.25 bits per heavy atom. The predicted molar refractivity (Wildman–Crippen MR) is 72.2 cm³/mol. The van der Waals surface area contributed by atoms with Gasteiger partial charge in [0, 0.05) is 8.95 Å². The van der Waals surface area contributed by atoms with Crippen LogP contribution in [0.2, 0.25) is 0 Å². The number of hydrogen-bond donors (Lipinski definition) is 0. The van der Waals surface area contributed by atoms with Crippen molar-refractivity contribution in [1.29, 1.82) is 0 Å². The summed E-state index contributed by atoms with van der Waals surface area (Å²) in [7, 11) is 1.34. The van der Waals surface area contributed by atoms with Gasteiger partial charge in [-0.15, -0.1) is 0 Å². The molecule has 0 aliphatic carbocycles. The molecule has 1 aromatic rings. The van der Waals surface area contributed by atoms with Gasteiger partial charge in [0.15, 0.2) is 0 Å². The molecule has 0 aromatic heterocycles. The SMILES string of the molecule is COC(=O)Cc1cc(Br)cc(Br)c1N=C=S. The van der Waals surface area contributed by atoms with Crippen LogP contribution in [0.25, 0.3) is 0 Å². The lowest BCUT2D eigenvalue weighted by Crippen LogP contribution is -2.04. The summed E-state index contributed by atoms with van der Waals surface area (Å²) in [6.07, 6.45) is 0.143. The fourth-order valence-electron chi connectivity index (χ4n) is 1.15. The molecule has 0 fully saturated rings. The number of carbonyl (C=O) groups excluding carboxylic acids is 1. The first-order chi connectivity index (χ1) is 7.58. The molecule has 0 atom stereocenters. The van der Waals surface area contributed by atoms with Crippen LogP contribution in [-0.2, 0) is 16.0 Å². The molecule has 0 spiro atoms. The number of halogens is 2. The molecule has 1 rings (SSSR count). The molecule has 0 saturated heterocycles. The minimum absolute atomic E-state index is 0.143. The van der Waals surface area contributed by atoms with Gasteiger partial charge in [0.2, 0.25) is 0 Å². The topological polar surface area (TPSA) is 38.7 Å². The maximum atomic E-state index is 11.2. The molecule has 0 heterocycles. The highest BCUT2D eigenvalue weighted by molar-refractivity contribution is 9.11. The molecule has 0 saturated carbocycles. The Bertz CT molecular complexity index is 470. The van der Waals surface area contributed by atoms with Crippen LogP contribution >= 0.6 is 44.1 Å². The Morgan fingerprint density at radius 3 is 2.81 bits per heavy atom. The van der Waals surface area contributed by atoms with E-state index in [1.807, 2.05) is 6.07 Å². The van der Waals surface area contributed by atoms with Crippen molar-refractivity contribution in [2.24, 2.45) is 4.99 Å². The molecular formula is C10H7Br2NO2S. The monoisotopic (exact) mass is 363 g/mol. The van der Waals surface area contributed by atoms with Gasteiger partial charge < -0.3 is 4.74 Å². The summed E-state index contributed by atoms with van der Waals surface area (Å²) < 4.78 is 6.21. The summed E-state index contributed by atoms with van der Waals surface area (Å²) in [4.78, 5) is 15.1. The third-order valence-electron chi connectivity index (χ3n) is 1.83. The first-order valence-electron chi connectivity index (χ1n) is 4.21. The van der Waals surface area contributed by atoms with Gasteiger partial charge in [-0.2, -0.15) is 4.99 Å². The van der Waals surface area contributed by atoms with Gasteiger partial charge in [0.05, 0.1) is 24.4 Å². The Hall–Kier alpha value is -0.550. The van der Waals surface area contributed by atoms with E-state index in [-0.39, 0.29) is 12.4 Å². The largest absolute Gasteiger partial charge is 0.469 e. The van der Waals surface area contributed by atoms with Crippen molar-refractivity contribution < 1.29 is 9.53 Å². The number of rotatable bonds is 3. The van der Waals surface area contributed by atoms with Crippen molar-refractivity contribution in [3.8, 4) is 0 Å². The highest BCUT2D eigenvalue weighted by Crippen LogP contribution is 2.33. The zero-order valence-electron chi connectivity index (χ0n) is 8.29. The average molecular weight is 365 g/mol. The molecule has 1 aromatic carbocycles. The molecule has 0 aliphatic rings. The number of isothiocyanates is 1. The first kappa shape index (κ1) is 13.5. The Labute approximate surface area is 115 Å². The number of aliphatic imine (C=N–C) groups is 1. The molecule has 16 heavy (non-hydrogen) atoms. The number of carbonyl (C=O) groups is 1. The summed E-state index contributed by atoms with van der Waals surface area (Å²) in [5.74, 6) is -0.328. The van der Waals surface area contributed by atoms with E-state index in [4.69, 9.17) is 0 Å². The zero-order valence-corrected chi connectivity index (χ0v) is 12.3. The van der Waals surface area contributed by atoms with Gasteiger partial charge in [-0.3, -0.25) is 4.79 Å². The van der Waals surface area contributed by atoms with Gasteiger partial charge in [0.1, 0.15) is 0 Å². The lowest BCUT2D eigenvalue weighted by atomic mass is 10.1. The fourth-order valence-corrected chi connectivity index (χ4v) is 2.65. The Kier molecular flexibility index (Phi) is 5.28. The van der Waals surface area contributed by atoms with Gasteiger partial charge in [0.25, 0.3) is 0 Å². The van der Waals surface area contributed by atoms with E-state index in [1.54, 1.807) is 6.07 Å².